The van der Waals surface area contributed by atoms with Crippen molar-refractivity contribution in [1.29, 1.82) is 0 Å². The zero-order valence-electron chi connectivity index (χ0n) is 11.0. The number of hydrogen-bond donors (Lipinski definition) is 1. The molecule has 0 amide bonds. The lowest BCUT2D eigenvalue weighted by Gasteiger charge is -2.27. The predicted molar refractivity (Wildman–Crippen MR) is 75.9 cm³/mol. The standard InChI is InChI=1S/C15H22ClNO/c1-2-9-17-10-4-7-15(18,8-11-17)13-5-3-6-14(16)12-13/h3,5-6,12,18H,2,4,7-11H2,1H3. The van der Waals surface area contributed by atoms with Gasteiger partial charge in [0, 0.05) is 11.6 Å². The Morgan fingerprint density at radius 1 is 1.33 bits per heavy atom. The van der Waals surface area contributed by atoms with Gasteiger partial charge in [-0.25, -0.2) is 0 Å². The van der Waals surface area contributed by atoms with Crippen molar-refractivity contribution in [3.8, 4) is 0 Å². The van der Waals surface area contributed by atoms with Gasteiger partial charge in [0.05, 0.1) is 5.60 Å². The van der Waals surface area contributed by atoms with Crippen molar-refractivity contribution in [2.75, 3.05) is 19.6 Å². The van der Waals surface area contributed by atoms with E-state index in [1.165, 1.54) is 6.42 Å². The van der Waals surface area contributed by atoms with E-state index in [1.807, 2.05) is 24.3 Å². The minimum Gasteiger partial charge on any atom is -0.385 e. The van der Waals surface area contributed by atoms with Crippen molar-refractivity contribution in [1.82, 2.24) is 4.90 Å². The first-order valence-corrected chi connectivity index (χ1v) is 7.22. The second-order valence-corrected chi connectivity index (χ2v) is 5.67. The highest BCUT2D eigenvalue weighted by atomic mass is 35.5. The molecule has 1 fully saturated rings. The molecule has 0 radical (unpaired) electrons. The lowest BCUT2D eigenvalue weighted by Crippen LogP contribution is -2.29. The molecule has 0 aromatic heterocycles. The number of nitrogens with zero attached hydrogens (tertiary/aromatic N) is 1. The average molecular weight is 268 g/mol. The summed E-state index contributed by atoms with van der Waals surface area (Å²) in [4.78, 5) is 2.45. The molecule has 0 saturated carbocycles. The summed E-state index contributed by atoms with van der Waals surface area (Å²) in [5.74, 6) is 0. The van der Waals surface area contributed by atoms with Gasteiger partial charge in [-0.3, -0.25) is 0 Å². The molecule has 1 N–H and O–H groups in total. The summed E-state index contributed by atoms with van der Waals surface area (Å²) < 4.78 is 0. The summed E-state index contributed by atoms with van der Waals surface area (Å²) in [5.41, 5.74) is 0.265. The fourth-order valence-corrected chi connectivity index (χ4v) is 2.97. The van der Waals surface area contributed by atoms with Crippen molar-refractivity contribution in [3.05, 3.63) is 34.9 Å². The van der Waals surface area contributed by atoms with Crippen molar-refractivity contribution in [3.63, 3.8) is 0 Å². The molecule has 2 nitrogen and oxygen atoms in total. The quantitative estimate of drug-likeness (QED) is 0.907. The molecular formula is C15H22ClNO. The van der Waals surface area contributed by atoms with Crippen LogP contribution in [0.1, 0.15) is 38.2 Å². The minimum absolute atomic E-state index is 0.701. The van der Waals surface area contributed by atoms with Gasteiger partial charge in [0.25, 0.3) is 0 Å². The number of halogens is 1. The number of benzene rings is 1. The first-order chi connectivity index (χ1) is 8.64. The number of hydrogen-bond acceptors (Lipinski definition) is 2. The summed E-state index contributed by atoms with van der Waals surface area (Å²) in [6.07, 6.45) is 3.85. The first-order valence-electron chi connectivity index (χ1n) is 6.85. The fraction of sp³-hybridized carbons (Fsp3) is 0.600. The number of aliphatic hydroxyl groups is 1. The third-order valence-electron chi connectivity index (χ3n) is 3.81. The highest BCUT2D eigenvalue weighted by Crippen LogP contribution is 2.33. The molecular weight excluding hydrogens is 246 g/mol. The maximum Gasteiger partial charge on any atom is 0.0909 e. The second-order valence-electron chi connectivity index (χ2n) is 5.24. The van der Waals surface area contributed by atoms with Gasteiger partial charge in [0.15, 0.2) is 0 Å². The van der Waals surface area contributed by atoms with Crippen LogP contribution in [-0.2, 0) is 5.60 Å². The van der Waals surface area contributed by atoms with Gasteiger partial charge in [0.1, 0.15) is 0 Å². The molecule has 1 atom stereocenters. The molecule has 1 unspecified atom stereocenters. The Kier molecular flexibility index (Phi) is 4.66. The Balaban J connectivity index is 2.11. The smallest absolute Gasteiger partial charge is 0.0909 e. The summed E-state index contributed by atoms with van der Waals surface area (Å²) in [7, 11) is 0. The lowest BCUT2D eigenvalue weighted by atomic mass is 9.87. The largest absolute Gasteiger partial charge is 0.385 e. The predicted octanol–water partition coefficient (Wildman–Crippen LogP) is 3.42. The van der Waals surface area contributed by atoms with Crippen LogP contribution in [0.2, 0.25) is 5.02 Å². The van der Waals surface area contributed by atoms with Gasteiger partial charge in [-0.05, 0) is 56.5 Å². The van der Waals surface area contributed by atoms with Gasteiger partial charge in [0.2, 0.25) is 0 Å². The van der Waals surface area contributed by atoms with Crippen molar-refractivity contribution in [2.45, 2.75) is 38.2 Å². The Morgan fingerprint density at radius 3 is 2.89 bits per heavy atom. The first kappa shape index (κ1) is 13.9. The molecule has 0 bridgehead atoms. The molecule has 100 valence electrons. The highest BCUT2D eigenvalue weighted by molar-refractivity contribution is 6.30. The summed E-state index contributed by atoms with van der Waals surface area (Å²) in [6, 6.07) is 7.66. The van der Waals surface area contributed by atoms with Crippen LogP contribution in [0.15, 0.2) is 24.3 Å². The SMILES string of the molecule is CCCN1CCCC(O)(c2cccc(Cl)c2)CC1. The number of likely N-dealkylation sites (tertiary alicyclic amines) is 1. The molecule has 0 aliphatic carbocycles. The Bertz CT molecular complexity index is 396. The second kappa shape index (κ2) is 6.05. The summed E-state index contributed by atoms with van der Waals surface area (Å²) >= 11 is 6.02. The van der Waals surface area contributed by atoms with Crippen LogP contribution in [0.3, 0.4) is 0 Å². The van der Waals surface area contributed by atoms with E-state index in [-0.39, 0.29) is 0 Å². The molecule has 1 aromatic rings. The molecule has 1 aromatic carbocycles. The van der Waals surface area contributed by atoms with E-state index in [4.69, 9.17) is 11.6 Å². The van der Waals surface area contributed by atoms with E-state index in [1.54, 1.807) is 0 Å². The maximum absolute atomic E-state index is 10.8. The molecule has 18 heavy (non-hydrogen) atoms. The molecule has 3 heteroatoms. The molecule has 0 spiro atoms. The third-order valence-corrected chi connectivity index (χ3v) is 4.04. The number of rotatable bonds is 3. The van der Waals surface area contributed by atoms with Crippen molar-refractivity contribution in [2.24, 2.45) is 0 Å². The van der Waals surface area contributed by atoms with E-state index in [9.17, 15) is 5.11 Å². The fourth-order valence-electron chi connectivity index (χ4n) is 2.78. The van der Waals surface area contributed by atoms with Gasteiger partial charge >= 0.3 is 0 Å². The van der Waals surface area contributed by atoms with E-state index >= 15 is 0 Å². The van der Waals surface area contributed by atoms with E-state index in [0.29, 0.717) is 5.02 Å². The van der Waals surface area contributed by atoms with E-state index in [2.05, 4.69) is 11.8 Å². The van der Waals surface area contributed by atoms with Crippen LogP contribution >= 0.6 is 11.6 Å². The zero-order valence-corrected chi connectivity index (χ0v) is 11.8. The summed E-state index contributed by atoms with van der Waals surface area (Å²) in [6.45, 7) is 5.40. The Morgan fingerprint density at radius 2 is 2.17 bits per heavy atom. The molecule has 2 rings (SSSR count). The average Bonchev–Trinajstić information content (AvgIpc) is 2.54. The van der Waals surface area contributed by atoms with Crippen LogP contribution in [0.4, 0.5) is 0 Å². The van der Waals surface area contributed by atoms with Crippen LogP contribution in [-0.4, -0.2) is 29.6 Å². The molecule has 1 aliphatic rings. The maximum atomic E-state index is 10.8. The van der Waals surface area contributed by atoms with E-state index < -0.39 is 5.60 Å². The minimum atomic E-state index is -0.701. The van der Waals surface area contributed by atoms with Crippen LogP contribution in [0.5, 0.6) is 0 Å². The van der Waals surface area contributed by atoms with Crippen LogP contribution in [0, 0.1) is 0 Å². The zero-order chi connectivity index (χ0) is 13.0. The summed E-state index contributed by atoms with van der Waals surface area (Å²) in [5, 5.41) is 11.6. The van der Waals surface area contributed by atoms with Crippen LogP contribution in [0.25, 0.3) is 0 Å². The highest BCUT2D eigenvalue weighted by Gasteiger charge is 2.31. The van der Waals surface area contributed by atoms with Crippen molar-refractivity contribution >= 4 is 11.6 Å². The van der Waals surface area contributed by atoms with Gasteiger partial charge in [-0.2, -0.15) is 0 Å². The van der Waals surface area contributed by atoms with Gasteiger partial charge < -0.3 is 10.0 Å². The molecule has 1 saturated heterocycles. The van der Waals surface area contributed by atoms with E-state index in [0.717, 1.165) is 44.5 Å². The normalized spacial score (nSPS) is 25.9. The van der Waals surface area contributed by atoms with Crippen molar-refractivity contribution < 1.29 is 5.11 Å². The lowest BCUT2D eigenvalue weighted by molar-refractivity contribution is 0.0212. The van der Waals surface area contributed by atoms with Gasteiger partial charge in [-0.1, -0.05) is 30.7 Å². The topological polar surface area (TPSA) is 23.5 Å². The Hall–Kier alpha value is -0.570. The molecule has 1 heterocycles. The van der Waals surface area contributed by atoms with Gasteiger partial charge in [-0.15, -0.1) is 0 Å². The molecule has 1 aliphatic heterocycles. The Labute approximate surface area is 115 Å². The monoisotopic (exact) mass is 267 g/mol. The third kappa shape index (κ3) is 3.25. The van der Waals surface area contributed by atoms with Crippen LogP contribution < -0.4 is 0 Å².